The highest BCUT2D eigenvalue weighted by atomic mass is 17.1. The summed E-state index contributed by atoms with van der Waals surface area (Å²) in [6.45, 7) is 0. The zero-order chi connectivity index (χ0) is 13.8. The zero-order valence-electron chi connectivity index (χ0n) is 9.74. The van der Waals surface area contributed by atoms with Crippen LogP contribution >= 0.6 is 0 Å². The molecule has 0 bridgehead atoms. The molecule has 1 aliphatic carbocycles. The second-order valence-corrected chi connectivity index (χ2v) is 4.34. The molecule has 0 spiro atoms. The number of hydrogen-bond acceptors (Lipinski definition) is 8. The van der Waals surface area contributed by atoms with Crippen LogP contribution in [0.4, 0.5) is 0 Å². The number of hydrogen-bond donors (Lipinski definition) is 2. The Hall–Kier alpha value is -1.68. The van der Waals surface area contributed by atoms with E-state index < -0.39 is 21.6 Å². The van der Waals surface area contributed by atoms with E-state index in [2.05, 4.69) is 9.68 Å². The maximum absolute atomic E-state index is 10.5. The van der Waals surface area contributed by atoms with E-state index in [0.29, 0.717) is 12.8 Å². The van der Waals surface area contributed by atoms with Gasteiger partial charge in [-0.1, -0.05) is 19.3 Å². The lowest BCUT2D eigenvalue weighted by atomic mass is 9.86. The lowest BCUT2D eigenvalue weighted by molar-refractivity contribution is -0.877. The van der Waals surface area contributed by atoms with Crippen molar-refractivity contribution in [2.24, 2.45) is 11.5 Å². The van der Waals surface area contributed by atoms with Crippen LogP contribution in [0, 0.1) is 20.2 Å². The van der Waals surface area contributed by atoms with Crippen LogP contribution in [0.5, 0.6) is 0 Å². The molecule has 0 aromatic rings. The molecule has 1 fully saturated rings. The molecule has 0 unspecified atom stereocenters. The normalized spacial score (nSPS) is 22.3. The van der Waals surface area contributed by atoms with Gasteiger partial charge >= 0.3 is 0 Å². The molecule has 0 heterocycles. The maximum atomic E-state index is 10.5. The molecule has 10 nitrogen and oxygen atoms in total. The van der Waals surface area contributed by atoms with Crippen LogP contribution in [-0.2, 0) is 9.68 Å². The van der Waals surface area contributed by atoms with E-state index in [-0.39, 0.29) is 12.8 Å². The van der Waals surface area contributed by atoms with Crippen molar-refractivity contribution in [2.75, 3.05) is 0 Å². The van der Waals surface area contributed by atoms with E-state index in [4.69, 9.17) is 11.5 Å². The Morgan fingerprint density at radius 3 is 1.78 bits per heavy atom. The second-order valence-electron chi connectivity index (χ2n) is 4.34. The van der Waals surface area contributed by atoms with Gasteiger partial charge in [0.1, 0.15) is 5.66 Å². The van der Waals surface area contributed by atoms with E-state index in [0.717, 1.165) is 12.8 Å². The first-order valence-corrected chi connectivity index (χ1v) is 5.54. The second kappa shape index (κ2) is 5.31. The highest BCUT2D eigenvalue weighted by Crippen LogP contribution is 2.34. The summed E-state index contributed by atoms with van der Waals surface area (Å²) in [6, 6.07) is 0. The van der Waals surface area contributed by atoms with Crippen LogP contribution in [0.25, 0.3) is 0 Å². The molecule has 1 rings (SSSR count). The van der Waals surface area contributed by atoms with Gasteiger partial charge in [0.2, 0.25) is 0 Å². The first-order valence-electron chi connectivity index (χ1n) is 5.54. The van der Waals surface area contributed by atoms with Gasteiger partial charge < -0.3 is 11.5 Å². The minimum atomic E-state index is -2.25. The average Bonchev–Trinajstić information content (AvgIpc) is 2.19. The highest BCUT2D eigenvalue weighted by molar-refractivity contribution is 4.94. The molecule has 0 aliphatic heterocycles. The molecule has 0 atom stereocenters. The van der Waals surface area contributed by atoms with Crippen LogP contribution in [0.1, 0.15) is 38.5 Å². The average molecular weight is 264 g/mol. The molecule has 0 aromatic carbocycles. The fourth-order valence-corrected chi connectivity index (χ4v) is 2.07. The third-order valence-corrected chi connectivity index (χ3v) is 3.00. The van der Waals surface area contributed by atoms with Gasteiger partial charge in [-0.3, -0.25) is 9.68 Å². The van der Waals surface area contributed by atoms with Crippen molar-refractivity contribution in [3.63, 3.8) is 0 Å². The number of nitrogens with zero attached hydrogens (tertiary/aromatic N) is 2. The molecule has 104 valence electrons. The first kappa shape index (κ1) is 14.4. The molecule has 0 saturated heterocycles. The summed E-state index contributed by atoms with van der Waals surface area (Å²) in [5, 5.41) is 18.7. The van der Waals surface area contributed by atoms with Crippen LogP contribution in [0.2, 0.25) is 0 Å². The van der Waals surface area contributed by atoms with E-state index in [1.807, 2.05) is 0 Å². The topological polar surface area (TPSA) is 157 Å². The first-order chi connectivity index (χ1) is 8.29. The molecular weight excluding hydrogens is 248 g/mol. The van der Waals surface area contributed by atoms with Gasteiger partial charge in [0.15, 0.2) is 0 Å². The zero-order valence-corrected chi connectivity index (χ0v) is 9.74. The molecule has 4 N–H and O–H groups in total. The van der Waals surface area contributed by atoms with Gasteiger partial charge in [-0.25, -0.2) is 0 Å². The fraction of sp³-hybridized carbons (Fsp3) is 1.00. The standard InChI is InChI=1S/C8H16N4O6/c9-7(10)5-3-1-2-4-6-8(7,17-11(13)14)18-12(15)16/h1-6,9-10H2. The van der Waals surface area contributed by atoms with Crippen molar-refractivity contribution in [1.29, 1.82) is 0 Å². The summed E-state index contributed by atoms with van der Waals surface area (Å²) in [7, 11) is 0. The molecule has 1 saturated carbocycles. The molecule has 1 aliphatic rings. The lowest BCUT2D eigenvalue weighted by Crippen LogP contribution is -2.70. The van der Waals surface area contributed by atoms with Gasteiger partial charge in [-0.15, -0.1) is 20.2 Å². The summed E-state index contributed by atoms with van der Waals surface area (Å²) in [5.74, 6) is -2.25. The third kappa shape index (κ3) is 3.17. The van der Waals surface area contributed by atoms with Crippen molar-refractivity contribution in [1.82, 2.24) is 0 Å². The number of rotatable bonds is 4. The fourth-order valence-electron chi connectivity index (χ4n) is 2.07. The van der Waals surface area contributed by atoms with Gasteiger partial charge in [0.25, 0.3) is 16.0 Å². The molecule has 18 heavy (non-hydrogen) atoms. The third-order valence-electron chi connectivity index (χ3n) is 3.00. The van der Waals surface area contributed by atoms with Crippen molar-refractivity contribution in [3.8, 4) is 0 Å². The lowest BCUT2D eigenvalue weighted by Gasteiger charge is -2.42. The molecule has 0 aromatic heterocycles. The quantitative estimate of drug-likeness (QED) is 0.410. The van der Waals surface area contributed by atoms with E-state index in [1.54, 1.807) is 0 Å². The molecule has 0 radical (unpaired) electrons. The summed E-state index contributed by atoms with van der Waals surface area (Å²) in [4.78, 5) is 29.7. The van der Waals surface area contributed by atoms with Crippen LogP contribution < -0.4 is 11.5 Å². The van der Waals surface area contributed by atoms with Crippen molar-refractivity contribution < 1.29 is 19.8 Å². The predicted molar refractivity (Wildman–Crippen MR) is 57.7 cm³/mol. The van der Waals surface area contributed by atoms with Crippen molar-refractivity contribution >= 4 is 0 Å². The van der Waals surface area contributed by atoms with Gasteiger partial charge in [-0.05, 0) is 12.8 Å². The molecule has 0 amide bonds. The summed E-state index contributed by atoms with van der Waals surface area (Å²) in [6.07, 6.45) is 2.66. The molecular formula is C8H16N4O6. The SMILES string of the molecule is NC1(N)CCCCCCC1(O[N+](=O)[O-])O[N+](=O)[O-]. The minimum Gasteiger partial charge on any atom is -0.310 e. The van der Waals surface area contributed by atoms with Crippen molar-refractivity contribution in [2.45, 2.75) is 50.0 Å². The van der Waals surface area contributed by atoms with Gasteiger partial charge in [0, 0.05) is 6.42 Å². The van der Waals surface area contributed by atoms with Gasteiger partial charge in [-0.2, -0.15) is 0 Å². The van der Waals surface area contributed by atoms with E-state index in [9.17, 15) is 20.2 Å². The molecule has 10 heteroatoms. The van der Waals surface area contributed by atoms with E-state index in [1.165, 1.54) is 0 Å². The van der Waals surface area contributed by atoms with Crippen LogP contribution in [0.3, 0.4) is 0 Å². The Morgan fingerprint density at radius 1 is 0.889 bits per heavy atom. The van der Waals surface area contributed by atoms with Gasteiger partial charge in [0.05, 0.1) is 0 Å². The summed E-state index contributed by atoms with van der Waals surface area (Å²) >= 11 is 0. The van der Waals surface area contributed by atoms with Crippen molar-refractivity contribution in [3.05, 3.63) is 20.2 Å². The minimum absolute atomic E-state index is 0.109. The summed E-state index contributed by atoms with van der Waals surface area (Å²) < 4.78 is 0. The summed E-state index contributed by atoms with van der Waals surface area (Å²) in [5.41, 5.74) is 9.69. The van der Waals surface area contributed by atoms with Crippen LogP contribution in [0.15, 0.2) is 0 Å². The predicted octanol–water partition coefficient (Wildman–Crippen LogP) is 0.0672. The monoisotopic (exact) mass is 264 g/mol. The Balaban J connectivity index is 3.05. The van der Waals surface area contributed by atoms with Crippen LogP contribution in [-0.4, -0.2) is 21.6 Å². The van der Waals surface area contributed by atoms with E-state index >= 15 is 0 Å². The Kier molecular flexibility index (Phi) is 4.24. The smallest absolute Gasteiger partial charge is 0.297 e. The Bertz CT molecular complexity index is 318. The largest absolute Gasteiger partial charge is 0.310 e. The Labute approximate surface area is 102 Å². The Morgan fingerprint density at radius 2 is 1.33 bits per heavy atom. The highest BCUT2D eigenvalue weighted by Gasteiger charge is 2.53. The maximum Gasteiger partial charge on any atom is 0.297 e. The number of nitrogens with two attached hydrogens (primary N) is 2.